The van der Waals surface area contributed by atoms with Gasteiger partial charge in [-0.3, -0.25) is 9.78 Å². The molecular weight excluding hydrogens is 348 g/mol. The zero-order valence-electron chi connectivity index (χ0n) is 17.2. The van der Waals surface area contributed by atoms with Gasteiger partial charge in [0.25, 0.3) is 5.91 Å². The van der Waals surface area contributed by atoms with Crippen LogP contribution < -0.4 is 5.32 Å². The molecule has 0 bridgehead atoms. The van der Waals surface area contributed by atoms with Crippen molar-refractivity contribution in [1.29, 1.82) is 0 Å². The second kappa shape index (κ2) is 8.38. The second-order valence-electron chi connectivity index (χ2n) is 7.69. The Labute approximate surface area is 166 Å². The molecule has 0 saturated heterocycles. The lowest BCUT2D eigenvalue weighted by Gasteiger charge is -2.15. The molecule has 0 aliphatic rings. The van der Waals surface area contributed by atoms with Gasteiger partial charge in [0.15, 0.2) is 0 Å². The maximum absolute atomic E-state index is 13.2. The Balaban J connectivity index is 2.06. The molecule has 2 heterocycles. The predicted octanol–water partition coefficient (Wildman–Crippen LogP) is 4.75. The molecule has 1 N–H and O–H groups in total. The Kier molecular flexibility index (Phi) is 5.93. The van der Waals surface area contributed by atoms with E-state index in [0.717, 1.165) is 28.2 Å². The van der Waals surface area contributed by atoms with E-state index in [1.807, 2.05) is 28.9 Å². The number of aryl methyl sites for hydroxylation is 1. The normalized spacial score (nSPS) is 11.2. The molecule has 0 saturated carbocycles. The van der Waals surface area contributed by atoms with Crippen LogP contribution in [0.25, 0.3) is 5.69 Å². The summed E-state index contributed by atoms with van der Waals surface area (Å²) in [6.07, 6.45) is 3.47. The summed E-state index contributed by atoms with van der Waals surface area (Å²) in [6, 6.07) is 12.0. The number of pyridine rings is 1. The van der Waals surface area contributed by atoms with Gasteiger partial charge in [-0.15, -0.1) is 0 Å². The minimum Gasteiger partial charge on any atom is -0.348 e. The van der Waals surface area contributed by atoms with Gasteiger partial charge in [-0.25, -0.2) is 4.68 Å². The molecular formula is C23H28N4O. The number of benzene rings is 1. The van der Waals surface area contributed by atoms with Crippen LogP contribution >= 0.6 is 0 Å². The van der Waals surface area contributed by atoms with Crippen molar-refractivity contribution in [2.45, 2.75) is 53.0 Å². The minimum absolute atomic E-state index is 0.0796. The third kappa shape index (κ3) is 3.98. The highest BCUT2D eigenvalue weighted by atomic mass is 16.1. The van der Waals surface area contributed by atoms with E-state index in [-0.39, 0.29) is 17.7 Å². The first-order valence-electron chi connectivity index (χ1n) is 9.76. The standard InChI is InChI=1S/C23H28N4O/c1-15(2)21-20(23(28)25-14-18-10-12-24-13-11-18)22(16(3)4)27(26-21)19-9-7-6-8-17(19)5/h6-13,15-16H,14H2,1-5H3,(H,25,28). The SMILES string of the molecule is Cc1ccccc1-n1nc(C(C)C)c(C(=O)NCc2ccncc2)c1C(C)C. The maximum Gasteiger partial charge on any atom is 0.255 e. The highest BCUT2D eigenvalue weighted by Gasteiger charge is 2.27. The molecule has 0 unspecified atom stereocenters. The molecule has 0 aliphatic carbocycles. The number of hydrogen-bond acceptors (Lipinski definition) is 3. The summed E-state index contributed by atoms with van der Waals surface area (Å²) in [5.74, 6) is 0.217. The van der Waals surface area contributed by atoms with Gasteiger partial charge >= 0.3 is 0 Å². The van der Waals surface area contributed by atoms with Crippen LogP contribution in [0.2, 0.25) is 0 Å². The van der Waals surface area contributed by atoms with Crippen molar-refractivity contribution in [3.63, 3.8) is 0 Å². The molecule has 0 radical (unpaired) electrons. The van der Waals surface area contributed by atoms with Crippen molar-refractivity contribution >= 4 is 5.91 Å². The number of para-hydroxylation sites is 1. The molecule has 0 spiro atoms. The molecule has 5 nitrogen and oxygen atoms in total. The summed E-state index contributed by atoms with van der Waals surface area (Å²) in [4.78, 5) is 17.2. The van der Waals surface area contributed by atoms with Gasteiger partial charge in [0.1, 0.15) is 0 Å². The van der Waals surface area contributed by atoms with Crippen LogP contribution in [0.15, 0.2) is 48.8 Å². The molecule has 2 aromatic heterocycles. The van der Waals surface area contributed by atoms with E-state index in [9.17, 15) is 4.79 Å². The summed E-state index contributed by atoms with van der Waals surface area (Å²) in [5, 5.41) is 7.95. The zero-order valence-corrected chi connectivity index (χ0v) is 17.2. The molecule has 1 aromatic carbocycles. The summed E-state index contributed by atoms with van der Waals surface area (Å²) < 4.78 is 1.96. The Bertz CT molecular complexity index is 958. The van der Waals surface area contributed by atoms with E-state index in [4.69, 9.17) is 5.10 Å². The van der Waals surface area contributed by atoms with E-state index in [0.29, 0.717) is 12.1 Å². The van der Waals surface area contributed by atoms with Crippen LogP contribution in [-0.2, 0) is 6.54 Å². The van der Waals surface area contributed by atoms with Crippen molar-refractivity contribution in [2.24, 2.45) is 0 Å². The largest absolute Gasteiger partial charge is 0.348 e. The lowest BCUT2D eigenvalue weighted by Crippen LogP contribution is -2.25. The molecule has 3 aromatic rings. The Morgan fingerprint density at radius 2 is 1.71 bits per heavy atom. The van der Waals surface area contributed by atoms with Crippen molar-refractivity contribution < 1.29 is 4.79 Å². The third-order valence-corrected chi connectivity index (χ3v) is 4.82. The van der Waals surface area contributed by atoms with Gasteiger partial charge in [-0.05, 0) is 48.1 Å². The maximum atomic E-state index is 13.2. The first-order valence-corrected chi connectivity index (χ1v) is 9.76. The fourth-order valence-electron chi connectivity index (χ4n) is 3.37. The fraction of sp³-hybridized carbons (Fsp3) is 0.348. The number of nitrogens with one attached hydrogen (secondary N) is 1. The molecule has 1 amide bonds. The second-order valence-corrected chi connectivity index (χ2v) is 7.69. The molecule has 3 rings (SSSR count). The first kappa shape index (κ1) is 19.8. The molecule has 5 heteroatoms. The number of carbonyl (C=O) groups excluding carboxylic acids is 1. The Morgan fingerprint density at radius 1 is 1.04 bits per heavy atom. The smallest absolute Gasteiger partial charge is 0.255 e. The Hall–Kier alpha value is -2.95. The van der Waals surface area contributed by atoms with E-state index >= 15 is 0 Å². The Morgan fingerprint density at radius 3 is 2.32 bits per heavy atom. The molecule has 0 aliphatic heterocycles. The average molecular weight is 377 g/mol. The lowest BCUT2D eigenvalue weighted by atomic mass is 9.97. The third-order valence-electron chi connectivity index (χ3n) is 4.82. The lowest BCUT2D eigenvalue weighted by molar-refractivity contribution is 0.0948. The van der Waals surface area contributed by atoms with E-state index < -0.39 is 0 Å². The fourth-order valence-corrected chi connectivity index (χ4v) is 3.37. The minimum atomic E-state index is -0.0796. The number of amides is 1. The van der Waals surface area contributed by atoms with Crippen molar-refractivity contribution in [3.05, 3.63) is 76.9 Å². The van der Waals surface area contributed by atoms with Gasteiger partial charge in [0.05, 0.1) is 22.6 Å². The predicted molar refractivity (Wildman–Crippen MR) is 112 cm³/mol. The molecule has 28 heavy (non-hydrogen) atoms. The van der Waals surface area contributed by atoms with Gasteiger partial charge in [0.2, 0.25) is 0 Å². The van der Waals surface area contributed by atoms with Gasteiger partial charge < -0.3 is 5.32 Å². The highest BCUT2D eigenvalue weighted by Crippen LogP contribution is 2.30. The van der Waals surface area contributed by atoms with Crippen LogP contribution in [0.4, 0.5) is 0 Å². The average Bonchev–Trinajstić information content (AvgIpc) is 3.08. The van der Waals surface area contributed by atoms with Crippen LogP contribution in [0.5, 0.6) is 0 Å². The number of aromatic nitrogens is 3. The van der Waals surface area contributed by atoms with Crippen molar-refractivity contribution in [1.82, 2.24) is 20.1 Å². The first-order chi connectivity index (χ1) is 13.4. The van der Waals surface area contributed by atoms with Crippen LogP contribution in [-0.4, -0.2) is 20.7 Å². The van der Waals surface area contributed by atoms with Crippen LogP contribution in [0, 0.1) is 6.92 Å². The van der Waals surface area contributed by atoms with Crippen molar-refractivity contribution in [3.8, 4) is 5.69 Å². The van der Waals surface area contributed by atoms with Crippen LogP contribution in [0.1, 0.15) is 72.4 Å². The summed E-state index contributed by atoms with van der Waals surface area (Å²) in [5.41, 5.74) is 5.64. The number of nitrogens with zero attached hydrogens (tertiary/aromatic N) is 3. The van der Waals surface area contributed by atoms with E-state index in [2.05, 4.69) is 57.1 Å². The number of rotatable bonds is 6. The van der Waals surface area contributed by atoms with Gasteiger partial charge in [0, 0.05) is 18.9 Å². The van der Waals surface area contributed by atoms with Crippen LogP contribution in [0.3, 0.4) is 0 Å². The summed E-state index contributed by atoms with van der Waals surface area (Å²) in [6.45, 7) is 10.9. The van der Waals surface area contributed by atoms with Crippen molar-refractivity contribution in [2.75, 3.05) is 0 Å². The number of carbonyl (C=O) groups is 1. The van der Waals surface area contributed by atoms with Gasteiger partial charge in [-0.1, -0.05) is 45.9 Å². The number of hydrogen-bond donors (Lipinski definition) is 1. The van der Waals surface area contributed by atoms with E-state index in [1.165, 1.54) is 0 Å². The summed E-state index contributed by atoms with van der Waals surface area (Å²) in [7, 11) is 0. The quantitative estimate of drug-likeness (QED) is 0.675. The zero-order chi connectivity index (χ0) is 20.3. The van der Waals surface area contributed by atoms with Gasteiger partial charge in [-0.2, -0.15) is 5.10 Å². The summed E-state index contributed by atoms with van der Waals surface area (Å²) >= 11 is 0. The highest BCUT2D eigenvalue weighted by molar-refractivity contribution is 5.97. The monoisotopic (exact) mass is 376 g/mol. The topological polar surface area (TPSA) is 59.8 Å². The molecule has 146 valence electrons. The van der Waals surface area contributed by atoms with E-state index in [1.54, 1.807) is 12.4 Å². The molecule has 0 fully saturated rings. The molecule has 0 atom stereocenters.